The fourth-order valence-corrected chi connectivity index (χ4v) is 2.89. The normalized spacial score (nSPS) is 30.6. The maximum atomic E-state index is 3.79. The maximum Gasteiger partial charge on any atom is 0.0278 e. The van der Waals surface area contributed by atoms with Gasteiger partial charge in [0, 0.05) is 24.7 Å². The predicted molar refractivity (Wildman–Crippen MR) is 85.6 cm³/mol. The van der Waals surface area contributed by atoms with E-state index in [9.17, 15) is 0 Å². The lowest BCUT2D eigenvalue weighted by atomic mass is 9.80. The number of hydrogen-bond acceptors (Lipinski definition) is 2. The highest BCUT2D eigenvalue weighted by Crippen LogP contribution is 2.31. The predicted octanol–water partition coefficient (Wildman–Crippen LogP) is 3.91. The van der Waals surface area contributed by atoms with Crippen molar-refractivity contribution in [3.05, 3.63) is 0 Å². The zero-order valence-electron chi connectivity index (χ0n) is 14.6. The Morgan fingerprint density at radius 3 is 2.16 bits per heavy atom. The lowest BCUT2D eigenvalue weighted by Gasteiger charge is -2.51. The highest BCUT2D eigenvalue weighted by Gasteiger charge is 2.39. The fourth-order valence-electron chi connectivity index (χ4n) is 2.89. The Hall–Kier alpha value is -0.0800. The molecule has 0 bridgehead atoms. The first kappa shape index (κ1) is 17.0. The van der Waals surface area contributed by atoms with Gasteiger partial charge in [0.1, 0.15) is 0 Å². The van der Waals surface area contributed by atoms with E-state index in [1.807, 2.05) is 0 Å². The summed E-state index contributed by atoms with van der Waals surface area (Å²) in [4.78, 5) is 2.74. The molecule has 1 fully saturated rings. The molecule has 0 aromatic heterocycles. The molecule has 1 saturated heterocycles. The van der Waals surface area contributed by atoms with E-state index in [4.69, 9.17) is 0 Å². The molecule has 2 atom stereocenters. The quantitative estimate of drug-likeness (QED) is 0.835. The first-order valence-corrected chi connectivity index (χ1v) is 7.96. The van der Waals surface area contributed by atoms with E-state index in [1.165, 1.54) is 25.9 Å². The minimum Gasteiger partial charge on any atom is -0.309 e. The van der Waals surface area contributed by atoms with Crippen molar-refractivity contribution in [2.45, 2.75) is 79.8 Å². The van der Waals surface area contributed by atoms with Crippen molar-refractivity contribution in [2.24, 2.45) is 10.8 Å². The summed E-state index contributed by atoms with van der Waals surface area (Å²) in [5.74, 6) is 0. The van der Waals surface area contributed by atoms with Gasteiger partial charge in [-0.3, -0.25) is 4.90 Å². The van der Waals surface area contributed by atoms with Gasteiger partial charge in [0.05, 0.1) is 0 Å². The van der Waals surface area contributed by atoms with Crippen LogP contribution in [0.4, 0.5) is 0 Å². The summed E-state index contributed by atoms with van der Waals surface area (Å²) in [5.41, 5.74) is 1.06. The SMILES string of the molecule is CCC1(C)CN(CCC(C)(C)C)C(C(C)(C)C)CN1. The van der Waals surface area contributed by atoms with Crippen LogP contribution in [0.5, 0.6) is 0 Å². The van der Waals surface area contributed by atoms with Crippen molar-refractivity contribution >= 4 is 0 Å². The molecule has 0 spiro atoms. The van der Waals surface area contributed by atoms with Crippen LogP contribution >= 0.6 is 0 Å². The third kappa shape index (κ3) is 5.07. The summed E-state index contributed by atoms with van der Waals surface area (Å²) in [7, 11) is 0. The largest absolute Gasteiger partial charge is 0.309 e. The van der Waals surface area contributed by atoms with Gasteiger partial charge in [0.15, 0.2) is 0 Å². The van der Waals surface area contributed by atoms with Crippen molar-refractivity contribution < 1.29 is 0 Å². The Morgan fingerprint density at radius 1 is 1.16 bits per heavy atom. The second-order valence-electron chi connectivity index (χ2n) is 8.96. The third-order valence-electron chi connectivity index (χ3n) is 4.64. The zero-order chi connectivity index (χ0) is 14.9. The average Bonchev–Trinajstić information content (AvgIpc) is 2.24. The van der Waals surface area contributed by atoms with Crippen molar-refractivity contribution in [2.75, 3.05) is 19.6 Å². The van der Waals surface area contributed by atoms with Crippen molar-refractivity contribution in [1.82, 2.24) is 10.2 Å². The number of nitrogens with zero attached hydrogens (tertiary/aromatic N) is 1. The van der Waals surface area contributed by atoms with Crippen LogP contribution in [0.25, 0.3) is 0 Å². The van der Waals surface area contributed by atoms with Gasteiger partial charge >= 0.3 is 0 Å². The average molecular weight is 268 g/mol. The summed E-state index contributed by atoms with van der Waals surface area (Å²) in [6.45, 7) is 22.4. The maximum absolute atomic E-state index is 3.79. The molecule has 1 heterocycles. The molecular formula is C17H36N2. The molecule has 2 heteroatoms. The topological polar surface area (TPSA) is 15.3 Å². The van der Waals surface area contributed by atoms with Crippen LogP contribution in [0, 0.1) is 10.8 Å². The Bertz CT molecular complexity index is 285. The van der Waals surface area contributed by atoms with Crippen molar-refractivity contribution in [3.8, 4) is 0 Å². The van der Waals surface area contributed by atoms with Gasteiger partial charge in [0.25, 0.3) is 0 Å². The molecule has 2 unspecified atom stereocenters. The molecule has 1 aliphatic heterocycles. The van der Waals surface area contributed by atoms with Gasteiger partial charge in [-0.05, 0) is 37.1 Å². The first-order chi connectivity index (χ1) is 8.47. The molecule has 1 rings (SSSR count). The minimum atomic E-state index is 0.291. The molecule has 0 aromatic rings. The van der Waals surface area contributed by atoms with Gasteiger partial charge in [-0.1, -0.05) is 48.5 Å². The van der Waals surface area contributed by atoms with E-state index >= 15 is 0 Å². The van der Waals surface area contributed by atoms with Crippen LogP contribution in [0.15, 0.2) is 0 Å². The second kappa shape index (κ2) is 5.73. The van der Waals surface area contributed by atoms with E-state index < -0.39 is 0 Å². The zero-order valence-corrected chi connectivity index (χ0v) is 14.6. The Balaban J connectivity index is 2.77. The molecule has 1 N–H and O–H groups in total. The van der Waals surface area contributed by atoms with E-state index in [0.29, 0.717) is 22.4 Å². The Morgan fingerprint density at radius 2 is 1.74 bits per heavy atom. The molecule has 0 saturated carbocycles. The fraction of sp³-hybridized carbons (Fsp3) is 1.00. The molecule has 0 radical (unpaired) electrons. The number of nitrogens with one attached hydrogen (secondary N) is 1. The van der Waals surface area contributed by atoms with E-state index in [-0.39, 0.29) is 0 Å². The summed E-state index contributed by atoms with van der Waals surface area (Å²) in [6, 6.07) is 0.648. The van der Waals surface area contributed by atoms with Crippen LogP contribution in [0.3, 0.4) is 0 Å². The van der Waals surface area contributed by atoms with Crippen molar-refractivity contribution in [3.63, 3.8) is 0 Å². The number of hydrogen-bond donors (Lipinski definition) is 1. The molecular weight excluding hydrogens is 232 g/mol. The van der Waals surface area contributed by atoms with E-state index in [2.05, 4.69) is 65.6 Å². The Labute approximate surface area is 121 Å². The lowest BCUT2D eigenvalue weighted by molar-refractivity contribution is 0.0197. The molecule has 0 aliphatic carbocycles. The lowest BCUT2D eigenvalue weighted by Crippen LogP contribution is -2.65. The minimum absolute atomic E-state index is 0.291. The molecule has 19 heavy (non-hydrogen) atoms. The standard InChI is InChI=1S/C17H36N2/c1-9-17(8)13-19(11-10-15(2,3)4)14(12-18-17)16(5,6)7/h14,18H,9-13H2,1-8H3. The molecule has 0 amide bonds. The highest BCUT2D eigenvalue weighted by atomic mass is 15.3. The molecule has 1 aliphatic rings. The van der Waals surface area contributed by atoms with Crippen LogP contribution in [0.2, 0.25) is 0 Å². The highest BCUT2D eigenvalue weighted by molar-refractivity contribution is 4.98. The molecule has 114 valence electrons. The second-order valence-corrected chi connectivity index (χ2v) is 8.96. The van der Waals surface area contributed by atoms with Gasteiger partial charge in [-0.2, -0.15) is 0 Å². The summed E-state index contributed by atoms with van der Waals surface area (Å²) >= 11 is 0. The first-order valence-electron chi connectivity index (χ1n) is 7.96. The van der Waals surface area contributed by atoms with E-state index in [1.54, 1.807) is 0 Å². The van der Waals surface area contributed by atoms with Crippen molar-refractivity contribution in [1.29, 1.82) is 0 Å². The summed E-state index contributed by atoms with van der Waals surface area (Å²) < 4.78 is 0. The van der Waals surface area contributed by atoms with Crippen LogP contribution in [0.1, 0.15) is 68.2 Å². The molecule has 0 aromatic carbocycles. The smallest absolute Gasteiger partial charge is 0.0278 e. The summed E-state index contributed by atoms with van der Waals surface area (Å²) in [5, 5.41) is 3.79. The molecule has 2 nitrogen and oxygen atoms in total. The number of piperazine rings is 1. The Kier molecular flexibility index (Phi) is 5.12. The van der Waals surface area contributed by atoms with Crippen LogP contribution in [-0.2, 0) is 0 Å². The van der Waals surface area contributed by atoms with Crippen LogP contribution in [-0.4, -0.2) is 36.1 Å². The monoisotopic (exact) mass is 268 g/mol. The van der Waals surface area contributed by atoms with Crippen LogP contribution < -0.4 is 5.32 Å². The summed E-state index contributed by atoms with van der Waals surface area (Å²) in [6.07, 6.45) is 2.48. The van der Waals surface area contributed by atoms with Gasteiger partial charge in [-0.15, -0.1) is 0 Å². The number of rotatable bonds is 3. The van der Waals surface area contributed by atoms with Gasteiger partial charge < -0.3 is 5.32 Å². The van der Waals surface area contributed by atoms with Gasteiger partial charge in [-0.25, -0.2) is 0 Å². The third-order valence-corrected chi connectivity index (χ3v) is 4.64. The van der Waals surface area contributed by atoms with Gasteiger partial charge in [0.2, 0.25) is 0 Å². The van der Waals surface area contributed by atoms with E-state index in [0.717, 1.165) is 6.54 Å².